The average Bonchev–Trinajstić information content (AvgIpc) is 2.88. The predicted molar refractivity (Wildman–Crippen MR) is 92.6 cm³/mol. The van der Waals surface area contributed by atoms with E-state index in [1.54, 1.807) is 0 Å². The minimum atomic E-state index is 0.116. The second kappa shape index (κ2) is 6.63. The standard InChI is InChI=1S/C18H24N4O2/c1-4-17(23)21-7-9-22(10-8-21)18(24)12-14-5-6-16-15(11-14)19-13(2)20(16)3/h5-6,11H,4,7-10,12H2,1-3H3. The quantitative estimate of drug-likeness (QED) is 0.858. The lowest BCUT2D eigenvalue weighted by molar-refractivity contribution is -0.139. The lowest BCUT2D eigenvalue weighted by atomic mass is 10.1. The van der Waals surface area contributed by atoms with E-state index < -0.39 is 0 Å². The molecule has 1 aromatic heterocycles. The Morgan fingerprint density at radius 3 is 2.33 bits per heavy atom. The molecule has 0 radical (unpaired) electrons. The highest BCUT2D eigenvalue weighted by Gasteiger charge is 2.23. The van der Waals surface area contributed by atoms with Gasteiger partial charge >= 0.3 is 0 Å². The molecule has 2 amide bonds. The van der Waals surface area contributed by atoms with Crippen molar-refractivity contribution in [1.29, 1.82) is 0 Å². The van der Waals surface area contributed by atoms with Crippen LogP contribution in [0.15, 0.2) is 18.2 Å². The molecule has 0 bridgehead atoms. The molecule has 0 N–H and O–H groups in total. The topological polar surface area (TPSA) is 58.4 Å². The van der Waals surface area contributed by atoms with Gasteiger partial charge < -0.3 is 14.4 Å². The van der Waals surface area contributed by atoms with E-state index in [0.717, 1.165) is 22.4 Å². The van der Waals surface area contributed by atoms with Crippen LogP contribution in [0.5, 0.6) is 0 Å². The van der Waals surface area contributed by atoms with E-state index in [1.807, 2.05) is 53.5 Å². The summed E-state index contributed by atoms with van der Waals surface area (Å²) in [7, 11) is 1.99. The van der Waals surface area contributed by atoms with Gasteiger partial charge in [-0.25, -0.2) is 4.98 Å². The molecule has 0 unspecified atom stereocenters. The number of imidazole rings is 1. The third-order valence-corrected chi connectivity index (χ3v) is 4.81. The number of carbonyl (C=O) groups is 2. The summed E-state index contributed by atoms with van der Waals surface area (Å²) in [6.45, 7) is 6.36. The van der Waals surface area contributed by atoms with Crippen LogP contribution in [0.4, 0.5) is 0 Å². The van der Waals surface area contributed by atoms with Crippen LogP contribution >= 0.6 is 0 Å². The van der Waals surface area contributed by atoms with Gasteiger partial charge in [0.25, 0.3) is 0 Å². The summed E-state index contributed by atoms with van der Waals surface area (Å²) >= 11 is 0. The molecule has 1 aliphatic rings. The van der Waals surface area contributed by atoms with Gasteiger partial charge in [0.05, 0.1) is 17.5 Å². The molecule has 2 heterocycles. The lowest BCUT2D eigenvalue weighted by Crippen LogP contribution is -2.50. The van der Waals surface area contributed by atoms with Crippen LogP contribution in [0.1, 0.15) is 24.7 Å². The van der Waals surface area contributed by atoms with E-state index in [2.05, 4.69) is 4.98 Å². The largest absolute Gasteiger partial charge is 0.339 e. The number of amides is 2. The summed E-state index contributed by atoms with van der Waals surface area (Å²) in [5.41, 5.74) is 2.99. The molecule has 6 heteroatoms. The molecule has 0 aliphatic carbocycles. The summed E-state index contributed by atoms with van der Waals surface area (Å²) in [5, 5.41) is 0. The van der Waals surface area contributed by atoms with Gasteiger partial charge in [-0.1, -0.05) is 13.0 Å². The fourth-order valence-electron chi connectivity index (χ4n) is 3.19. The van der Waals surface area contributed by atoms with Gasteiger partial charge in [-0.3, -0.25) is 9.59 Å². The van der Waals surface area contributed by atoms with Crippen LogP contribution in [0.25, 0.3) is 11.0 Å². The number of aryl methyl sites for hydroxylation is 2. The minimum Gasteiger partial charge on any atom is -0.339 e. The maximum absolute atomic E-state index is 12.5. The number of piperazine rings is 1. The second-order valence-electron chi connectivity index (χ2n) is 6.33. The monoisotopic (exact) mass is 328 g/mol. The van der Waals surface area contributed by atoms with E-state index in [-0.39, 0.29) is 11.8 Å². The first-order valence-electron chi connectivity index (χ1n) is 8.47. The van der Waals surface area contributed by atoms with Crippen LogP contribution < -0.4 is 0 Å². The second-order valence-corrected chi connectivity index (χ2v) is 6.33. The van der Waals surface area contributed by atoms with Crippen LogP contribution in [-0.4, -0.2) is 57.3 Å². The molecule has 6 nitrogen and oxygen atoms in total. The molecule has 0 spiro atoms. The Bertz CT molecular complexity index is 773. The van der Waals surface area contributed by atoms with Crippen molar-refractivity contribution in [2.45, 2.75) is 26.7 Å². The highest BCUT2D eigenvalue weighted by Crippen LogP contribution is 2.17. The molecule has 24 heavy (non-hydrogen) atoms. The van der Waals surface area contributed by atoms with Gasteiger partial charge in [-0.05, 0) is 24.6 Å². The van der Waals surface area contributed by atoms with Crippen LogP contribution in [0.3, 0.4) is 0 Å². The third-order valence-electron chi connectivity index (χ3n) is 4.81. The number of hydrogen-bond acceptors (Lipinski definition) is 3. The molecule has 2 aromatic rings. The Morgan fingerprint density at radius 1 is 1.08 bits per heavy atom. The van der Waals surface area contributed by atoms with E-state index in [9.17, 15) is 9.59 Å². The van der Waals surface area contributed by atoms with E-state index in [0.29, 0.717) is 39.0 Å². The number of carbonyl (C=O) groups excluding carboxylic acids is 2. The molecule has 1 aliphatic heterocycles. The number of fused-ring (bicyclic) bond motifs is 1. The van der Waals surface area contributed by atoms with Crippen molar-refractivity contribution in [3.8, 4) is 0 Å². The average molecular weight is 328 g/mol. The zero-order valence-electron chi connectivity index (χ0n) is 14.6. The Balaban J connectivity index is 1.64. The zero-order valence-corrected chi connectivity index (χ0v) is 14.6. The number of rotatable bonds is 3. The number of aromatic nitrogens is 2. The summed E-state index contributed by atoms with van der Waals surface area (Å²) in [6, 6.07) is 6.02. The molecular formula is C18H24N4O2. The Morgan fingerprint density at radius 2 is 1.71 bits per heavy atom. The van der Waals surface area contributed by atoms with Gasteiger partial charge in [0.2, 0.25) is 11.8 Å². The summed E-state index contributed by atoms with van der Waals surface area (Å²) < 4.78 is 2.05. The predicted octanol–water partition coefficient (Wildman–Crippen LogP) is 1.51. The Kier molecular flexibility index (Phi) is 4.55. The number of benzene rings is 1. The van der Waals surface area contributed by atoms with E-state index >= 15 is 0 Å². The molecule has 0 saturated carbocycles. The first kappa shape index (κ1) is 16.5. The summed E-state index contributed by atoms with van der Waals surface area (Å²) in [4.78, 5) is 32.4. The number of hydrogen-bond donors (Lipinski definition) is 0. The van der Waals surface area contributed by atoms with Crippen LogP contribution in [0.2, 0.25) is 0 Å². The zero-order chi connectivity index (χ0) is 17.3. The summed E-state index contributed by atoms with van der Waals surface area (Å²) in [5.74, 6) is 1.24. The Hall–Kier alpha value is -2.37. The van der Waals surface area contributed by atoms with Crippen LogP contribution in [-0.2, 0) is 23.1 Å². The third kappa shape index (κ3) is 3.13. The van der Waals surface area contributed by atoms with Gasteiger partial charge in [0.1, 0.15) is 5.82 Å². The molecule has 1 aromatic carbocycles. The van der Waals surface area contributed by atoms with Crippen molar-refractivity contribution < 1.29 is 9.59 Å². The van der Waals surface area contributed by atoms with Crippen molar-refractivity contribution in [3.05, 3.63) is 29.6 Å². The van der Waals surface area contributed by atoms with Crippen molar-refractivity contribution >= 4 is 22.8 Å². The van der Waals surface area contributed by atoms with Gasteiger partial charge in [0.15, 0.2) is 0 Å². The van der Waals surface area contributed by atoms with Crippen molar-refractivity contribution in [2.75, 3.05) is 26.2 Å². The normalized spacial score (nSPS) is 15.1. The molecule has 1 saturated heterocycles. The van der Waals surface area contributed by atoms with Crippen LogP contribution in [0, 0.1) is 6.92 Å². The van der Waals surface area contributed by atoms with Crippen molar-refractivity contribution in [1.82, 2.24) is 19.4 Å². The SMILES string of the molecule is CCC(=O)N1CCN(C(=O)Cc2ccc3c(c2)nc(C)n3C)CC1. The smallest absolute Gasteiger partial charge is 0.227 e. The fourth-order valence-corrected chi connectivity index (χ4v) is 3.19. The first-order valence-corrected chi connectivity index (χ1v) is 8.47. The van der Waals surface area contributed by atoms with Crippen molar-refractivity contribution in [2.24, 2.45) is 7.05 Å². The van der Waals surface area contributed by atoms with Crippen molar-refractivity contribution in [3.63, 3.8) is 0 Å². The highest BCUT2D eigenvalue weighted by atomic mass is 16.2. The first-order chi connectivity index (χ1) is 11.5. The van der Waals surface area contributed by atoms with Gasteiger partial charge in [0, 0.05) is 39.6 Å². The molecule has 0 atom stereocenters. The fraction of sp³-hybridized carbons (Fsp3) is 0.500. The number of nitrogens with zero attached hydrogens (tertiary/aromatic N) is 4. The summed E-state index contributed by atoms with van der Waals surface area (Å²) in [6.07, 6.45) is 0.907. The molecule has 128 valence electrons. The maximum Gasteiger partial charge on any atom is 0.227 e. The highest BCUT2D eigenvalue weighted by molar-refractivity contribution is 5.82. The maximum atomic E-state index is 12.5. The lowest BCUT2D eigenvalue weighted by Gasteiger charge is -2.34. The van der Waals surface area contributed by atoms with E-state index in [4.69, 9.17) is 0 Å². The van der Waals surface area contributed by atoms with Gasteiger partial charge in [-0.2, -0.15) is 0 Å². The Labute approximate surface area is 142 Å². The molecule has 1 fully saturated rings. The van der Waals surface area contributed by atoms with Gasteiger partial charge in [-0.15, -0.1) is 0 Å². The molecule has 3 rings (SSSR count). The molecular weight excluding hydrogens is 304 g/mol. The minimum absolute atomic E-state index is 0.116. The van der Waals surface area contributed by atoms with E-state index in [1.165, 1.54) is 0 Å².